The third-order valence-electron chi connectivity index (χ3n) is 4.23. The monoisotopic (exact) mass is 303 g/mol. The Morgan fingerprint density at radius 1 is 0.957 bits per heavy atom. The standard InChI is InChI=1S/C19H17N3O/c1-11(2)12-7-8-16-14(9-12)15-10-17(21-22-19(15)20-16)13-5-3-4-6-18(13)23/h3-11,23H,1-2H3,(H,20,22). The molecule has 4 heteroatoms. The number of rotatable bonds is 2. The number of aromatic nitrogens is 3. The molecule has 23 heavy (non-hydrogen) atoms. The van der Waals surface area contributed by atoms with Gasteiger partial charge in [0, 0.05) is 21.9 Å². The number of H-pyrrole nitrogens is 1. The largest absolute Gasteiger partial charge is 0.507 e. The van der Waals surface area contributed by atoms with Crippen LogP contribution >= 0.6 is 0 Å². The van der Waals surface area contributed by atoms with Crippen molar-refractivity contribution in [3.05, 3.63) is 54.1 Å². The van der Waals surface area contributed by atoms with Crippen LogP contribution in [0.15, 0.2) is 48.5 Å². The molecule has 0 bridgehead atoms. The number of fused-ring (bicyclic) bond motifs is 3. The van der Waals surface area contributed by atoms with Gasteiger partial charge in [0.05, 0.1) is 5.69 Å². The number of aromatic amines is 1. The lowest BCUT2D eigenvalue weighted by molar-refractivity contribution is 0.477. The summed E-state index contributed by atoms with van der Waals surface area (Å²) < 4.78 is 0. The Kier molecular flexibility index (Phi) is 3.05. The Hall–Kier alpha value is -2.88. The van der Waals surface area contributed by atoms with E-state index in [0.717, 1.165) is 21.9 Å². The molecule has 0 aliphatic rings. The van der Waals surface area contributed by atoms with Crippen molar-refractivity contribution >= 4 is 21.9 Å². The van der Waals surface area contributed by atoms with Crippen LogP contribution in [-0.2, 0) is 0 Å². The van der Waals surface area contributed by atoms with Gasteiger partial charge in [-0.2, -0.15) is 0 Å². The number of benzene rings is 2. The summed E-state index contributed by atoms with van der Waals surface area (Å²) in [5, 5.41) is 20.7. The molecule has 4 aromatic rings. The number of hydrogen-bond donors (Lipinski definition) is 2. The van der Waals surface area contributed by atoms with Gasteiger partial charge in [0.2, 0.25) is 0 Å². The molecule has 0 spiro atoms. The molecule has 4 nitrogen and oxygen atoms in total. The molecule has 0 radical (unpaired) electrons. The van der Waals surface area contributed by atoms with E-state index in [2.05, 4.69) is 47.2 Å². The lowest BCUT2D eigenvalue weighted by Crippen LogP contribution is -1.88. The fourth-order valence-corrected chi connectivity index (χ4v) is 2.89. The average molecular weight is 303 g/mol. The number of phenolic OH excluding ortho intramolecular Hbond substituents is 1. The number of hydrogen-bond acceptors (Lipinski definition) is 3. The van der Waals surface area contributed by atoms with Crippen LogP contribution in [0.4, 0.5) is 0 Å². The summed E-state index contributed by atoms with van der Waals surface area (Å²) in [6.45, 7) is 4.37. The van der Waals surface area contributed by atoms with Gasteiger partial charge >= 0.3 is 0 Å². The molecule has 0 saturated heterocycles. The number of nitrogens with one attached hydrogen (secondary N) is 1. The highest BCUT2D eigenvalue weighted by Crippen LogP contribution is 2.32. The second-order valence-corrected chi connectivity index (χ2v) is 6.09. The average Bonchev–Trinajstić information content (AvgIpc) is 2.92. The summed E-state index contributed by atoms with van der Waals surface area (Å²) in [7, 11) is 0. The van der Waals surface area contributed by atoms with Crippen LogP contribution < -0.4 is 0 Å². The highest BCUT2D eigenvalue weighted by atomic mass is 16.3. The first kappa shape index (κ1) is 13.8. The SMILES string of the molecule is CC(C)c1ccc2[nH]c3nnc(-c4ccccc4O)cc3c2c1. The molecule has 0 aliphatic carbocycles. The molecule has 0 fully saturated rings. The van der Waals surface area contributed by atoms with Gasteiger partial charge in [-0.15, -0.1) is 10.2 Å². The van der Waals surface area contributed by atoms with Crippen LogP contribution in [-0.4, -0.2) is 20.3 Å². The highest BCUT2D eigenvalue weighted by Gasteiger charge is 2.12. The van der Waals surface area contributed by atoms with E-state index in [1.54, 1.807) is 12.1 Å². The molecule has 114 valence electrons. The van der Waals surface area contributed by atoms with Crippen molar-refractivity contribution in [1.29, 1.82) is 0 Å². The van der Waals surface area contributed by atoms with Gasteiger partial charge in [0.1, 0.15) is 5.75 Å². The van der Waals surface area contributed by atoms with Crippen molar-refractivity contribution in [2.45, 2.75) is 19.8 Å². The first-order chi connectivity index (χ1) is 11.1. The zero-order valence-corrected chi connectivity index (χ0v) is 13.0. The predicted molar refractivity (Wildman–Crippen MR) is 92.6 cm³/mol. The van der Waals surface area contributed by atoms with E-state index >= 15 is 0 Å². The number of nitrogens with zero attached hydrogens (tertiary/aromatic N) is 2. The van der Waals surface area contributed by atoms with E-state index in [4.69, 9.17) is 0 Å². The molecule has 0 saturated carbocycles. The Morgan fingerprint density at radius 2 is 1.78 bits per heavy atom. The fourth-order valence-electron chi connectivity index (χ4n) is 2.89. The van der Waals surface area contributed by atoms with Crippen molar-refractivity contribution in [3.63, 3.8) is 0 Å². The van der Waals surface area contributed by atoms with Crippen LogP contribution in [0.25, 0.3) is 33.2 Å². The zero-order valence-electron chi connectivity index (χ0n) is 13.0. The second kappa shape index (κ2) is 5.09. The molecule has 0 unspecified atom stereocenters. The maximum absolute atomic E-state index is 10.0. The molecule has 2 N–H and O–H groups in total. The van der Waals surface area contributed by atoms with E-state index in [0.29, 0.717) is 17.2 Å². The van der Waals surface area contributed by atoms with E-state index in [9.17, 15) is 5.11 Å². The smallest absolute Gasteiger partial charge is 0.161 e. The predicted octanol–water partition coefficient (Wildman–Crippen LogP) is 4.61. The summed E-state index contributed by atoms with van der Waals surface area (Å²) in [5.41, 5.74) is 4.47. The quantitative estimate of drug-likeness (QED) is 0.568. The molecule has 0 amide bonds. The van der Waals surface area contributed by atoms with Gasteiger partial charge in [0.15, 0.2) is 5.65 Å². The molecule has 2 aromatic heterocycles. The van der Waals surface area contributed by atoms with Crippen LogP contribution in [0.2, 0.25) is 0 Å². The summed E-state index contributed by atoms with van der Waals surface area (Å²) >= 11 is 0. The molecule has 4 rings (SSSR count). The third kappa shape index (κ3) is 2.23. The Bertz CT molecular complexity index is 1020. The van der Waals surface area contributed by atoms with E-state index < -0.39 is 0 Å². The van der Waals surface area contributed by atoms with E-state index in [1.807, 2.05) is 18.2 Å². The van der Waals surface area contributed by atoms with Crippen molar-refractivity contribution in [2.24, 2.45) is 0 Å². The summed E-state index contributed by atoms with van der Waals surface area (Å²) in [6, 6.07) is 15.6. The van der Waals surface area contributed by atoms with Crippen molar-refractivity contribution in [1.82, 2.24) is 15.2 Å². The van der Waals surface area contributed by atoms with Gasteiger partial charge < -0.3 is 10.1 Å². The molecular weight excluding hydrogens is 286 g/mol. The first-order valence-electron chi connectivity index (χ1n) is 7.71. The first-order valence-corrected chi connectivity index (χ1v) is 7.71. The zero-order chi connectivity index (χ0) is 16.0. The molecule has 2 aromatic carbocycles. The minimum Gasteiger partial charge on any atom is -0.507 e. The van der Waals surface area contributed by atoms with E-state index in [1.165, 1.54) is 5.56 Å². The molecular formula is C19H17N3O. The lowest BCUT2D eigenvalue weighted by atomic mass is 10.0. The number of para-hydroxylation sites is 1. The van der Waals surface area contributed by atoms with Crippen molar-refractivity contribution in [3.8, 4) is 17.0 Å². The highest BCUT2D eigenvalue weighted by molar-refractivity contribution is 6.06. The van der Waals surface area contributed by atoms with Crippen LogP contribution in [0.1, 0.15) is 25.3 Å². The minimum absolute atomic E-state index is 0.212. The normalized spacial score (nSPS) is 11.6. The van der Waals surface area contributed by atoms with Crippen LogP contribution in [0.5, 0.6) is 5.75 Å². The van der Waals surface area contributed by atoms with Gasteiger partial charge in [-0.1, -0.05) is 32.0 Å². The van der Waals surface area contributed by atoms with Crippen LogP contribution in [0, 0.1) is 0 Å². The molecule has 0 aliphatic heterocycles. The lowest BCUT2D eigenvalue weighted by Gasteiger charge is -2.05. The van der Waals surface area contributed by atoms with Gasteiger partial charge in [0.25, 0.3) is 0 Å². The summed E-state index contributed by atoms with van der Waals surface area (Å²) in [4.78, 5) is 3.30. The van der Waals surface area contributed by atoms with E-state index in [-0.39, 0.29) is 5.75 Å². The van der Waals surface area contributed by atoms with Gasteiger partial charge in [-0.3, -0.25) is 0 Å². The minimum atomic E-state index is 0.212. The van der Waals surface area contributed by atoms with Gasteiger partial charge in [-0.25, -0.2) is 0 Å². The second-order valence-electron chi connectivity index (χ2n) is 6.09. The molecule has 0 atom stereocenters. The maximum Gasteiger partial charge on any atom is 0.161 e. The Morgan fingerprint density at radius 3 is 2.57 bits per heavy atom. The maximum atomic E-state index is 10.0. The third-order valence-corrected chi connectivity index (χ3v) is 4.23. The number of aromatic hydroxyl groups is 1. The number of phenols is 1. The van der Waals surface area contributed by atoms with Crippen LogP contribution in [0.3, 0.4) is 0 Å². The summed E-state index contributed by atoms with van der Waals surface area (Å²) in [5.74, 6) is 0.681. The van der Waals surface area contributed by atoms with Gasteiger partial charge in [-0.05, 0) is 41.8 Å². The van der Waals surface area contributed by atoms with Crippen molar-refractivity contribution in [2.75, 3.05) is 0 Å². The topological polar surface area (TPSA) is 61.8 Å². The Balaban J connectivity index is 1.98. The Labute approximate surface area is 133 Å². The summed E-state index contributed by atoms with van der Waals surface area (Å²) in [6.07, 6.45) is 0. The fraction of sp³-hybridized carbons (Fsp3) is 0.158. The van der Waals surface area contributed by atoms with Crippen molar-refractivity contribution < 1.29 is 5.11 Å². The molecule has 2 heterocycles.